The Morgan fingerprint density at radius 1 is 1.14 bits per heavy atom. The minimum atomic E-state index is -4.35. The summed E-state index contributed by atoms with van der Waals surface area (Å²) in [6.45, 7) is 2.18. The number of piperidine rings is 1. The van der Waals surface area contributed by atoms with Crippen LogP contribution in [0.5, 0.6) is 0 Å². The van der Waals surface area contributed by atoms with Crippen LogP contribution >= 0.6 is 0 Å². The zero-order valence-electron chi connectivity index (χ0n) is 23.2. The number of piperazine rings is 1. The Kier molecular flexibility index (Phi) is 7.34. The van der Waals surface area contributed by atoms with E-state index in [-0.39, 0.29) is 0 Å². The molecule has 0 radical (unpaired) electrons. The minimum absolute atomic E-state index is 0.335. The zero-order chi connectivity index (χ0) is 30.1. The van der Waals surface area contributed by atoms with Crippen LogP contribution < -0.4 is 10.2 Å². The van der Waals surface area contributed by atoms with Crippen LogP contribution in [0.15, 0.2) is 67.3 Å². The Morgan fingerprint density at radius 3 is 2.53 bits per heavy atom. The van der Waals surface area contributed by atoms with Gasteiger partial charge in [0.2, 0.25) is 0 Å². The number of aromatic nitrogens is 3. The summed E-state index contributed by atoms with van der Waals surface area (Å²) in [5.41, 5.74) is 4.12. The molecule has 3 aliphatic heterocycles. The summed E-state index contributed by atoms with van der Waals surface area (Å²) < 4.78 is 40.0. The van der Waals surface area contributed by atoms with E-state index in [2.05, 4.69) is 38.1 Å². The highest BCUT2D eigenvalue weighted by Crippen LogP contribution is 2.35. The van der Waals surface area contributed by atoms with Crippen LogP contribution in [0.1, 0.15) is 28.7 Å². The molecule has 6 heterocycles. The summed E-state index contributed by atoms with van der Waals surface area (Å²) in [4.78, 5) is 9.38. The molecule has 4 aromatic rings. The van der Waals surface area contributed by atoms with E-state index >= 15 is 0 Å². The highest BCUT2D eigenvalue weighted by Gasteiger charge is 2.44. The van der Waals surface area contributed by atoms with E-state index in [0.29, 0.717) is 40.8 Å². The predicted octanol–water partition coefficient (Wildman–Crippen LogP) is 4.81. The molecule has 2 N–H and O–H groups in total. The summed E-state index contributed by atoms with van der Waals surface area (Å²) >= 11 is 0. The van der Waals surface area contributed by atoms with Crippen LogP contribution in [0.4, 0.5) is 19.0 Å². The second kappa shape index (κ2) is 11.3. The molecule has 0 spiro atoms. The number of nitriles is 1. The number of nitrogens with one attached hydrogen (secondary N) is 2. The van der Waals surface area contributed by atoms with Gasteiger partial charge in [-0.2, -0.15) is 23.5 Å². The van der Waals surface area contributed by atoms with Gasteiger partial charge in [0.05, 0.1) is 29.4 Å². The number of nitrogens with zero attached hydrogens (tertiary/aromatic N) is 6. The minimum Gasteiger partial charge on any atom is -0.393 e. The molecule has 0 amide bonds. The number of alkyl halides is 3. The van der Waals surface area contributed by atoms with E-state index < -0.39 is 11.7 Å². The van der Waals surface area contributed by atoms with Gasteiger partial charge in [0.15, 0.2) is 0 Å². The Hall–Kier alpha value is -5.13. The molecule has 2 unspecified atom stereocenters. The van der Waals surface area contributed by atoms with Gasteiger partial charge in [0, 0.05) is 84.9 Å². The van der Waals surface area contributed by atoms with Crippen LogP contribution in [0.2, 0.25) is 0 Å². The molecule has 0 aliphatic carbocycles. The second-order valence-electron chi connectivity index (χ2n) is 10.5. The molecule has 7 rings (SSSR count). The second-order valence-corrected chi connectivity index (χ2v) is 10.5. The van der Waals surface area contributed by atoms with Gasteiger partial charge in [-0.3, -0.25) is 4.90 Å². The van der Waals surface area contributed by atoms with E-state index in [0.717, 1.165) is 54.2 Å². The molecule has 3 aliphatic rings. The summed E-state index contributed by atoms with van der Waals surface area (Å²) in [5, 5.41) is 24.8. The third-order valence-corrected chi connectivity index (χ3v) is 7.95. The Labute approximate surface area is 246 Å². The molecule has 8 nitrogen and oxygen atoms in total. The van der Waals surface area contributed by atoms with Crippen LogP contribution in [-0.2, 0) is 6.18 Å². The van der Waals surface area contributed by atoms with Crippen molar-refractivity contribution in [3.63, 3.8) is 0 Å². The van der Waals surface area contributed by atoms with Crippen molar-refractivity contribution in [1.82, 2.24) is 24.8 Å². The van der Waals surface area contributed by atoms with Gasteiger partial charge >= 0.3 is 6.18 Å². The van der Waals surface area contributed by atoms with Gasteiger partial charge in [0.25, 0.3) is 0 Å². The van der Waals surface area contributed by atoms with Crippen molar-refractivity contribution < 1.29 is 13.2 Å². The van der Waals surface area contributed by atoms with Crippen LogP contribution in [0, 0.1) is 28.6 Å². The first-order chi connectivity index (χ1) is 20.8. The molecule has 216 valence electrons. The van der Waals surface area contributed by atoms with Gasteiger partial charge in [-0.25, -0.2) is 9.50 Å². The van der Waals surface area contributed by atoms with E-state index in [1.807, 2.05) is 24.4 Å². The quantitative estimate of drug-likeness (QED) is 0.251. The molecule has 2 bridgehead atoms. The number of hydrogen-bond acceptors (Lipinski definition) is 7. The monoisotopic (exact) mass is 580 g/mol. The lowest BCUT2D eigenvalue weighted by molar-refractivity contribution is -0.137. The third-order valence-electron chi connectivity index (χ3n) is 7.95. The largest absolute Gasteiger partial charge is 0.416 e. The number of anilines is 1. The van der Waals surface area contributed by atoms with E-state index in [1.165, 1.54) is 24.5 Å². The van der Waals surface area contributed by atoms with Crippen molar-refractivity contribution in [2.24, 2.45) is 0 Å². The number of benzene rings is 1. The van der Waals surface area contributed by atoms with E-state index in [9.17, 15) is 18.4 Å². The molecule has 2 atom stereocenters. The molecule has 1 aromatic carbocycles. The summed E-state index contributed by atoms with van der Waals surface area (Å²) in [7, 11) is 1.77. The fraction of sp³-hybridized carbons (Fsp3) is 0.250. The van der Waals surface area contributed by atoms with Crippen molar-refractivity contribution in [2.75, 3.05) is 31.6 Å². The lowest BCUT2D eigenvalue weighted by Crippen LogP contribution is -2.68. The van der Waals surface area contributed by atoms with Crippen LogP contribution in [-0.4, -0.2) is 64.5 Å². The highest BCUT2D eigenvalue weighted by molar-refractivity contribution is 6.08. The average molecular weight is 581 g/mol. The van der Waals surface area contributed by atoms with Crippen molar-refractivity contribution in [1.29, 1.82) is 10.7 Å². The normalized spacial score (nSPS) is 18.4. The highest BCUT2D eigenvalue weighted by atomic mass is 19.4. The van der Waals surface area contributed by atoms with Gasteiger partial charge in [-0.1, -0.05) is 11.8 Å². The Balaban J connectivity index is 1.16. The number of hydrogen-bond donors (Lipinski definition) is 2. The molecular weight excluding hydrogens is 553 g/mol. The number of allylic oxidation sites excluding steroid dienone is 1. The zero-order valence-corrected chi connectivity index (χ0v) is 23.2. The first kappa shape index (κ1) is 28.0. The molecule has 11 heteroatoms. The maximum atomic E-state index is 12.8. The third kappa shape index (κ3) is 5.43. The summed E-state index contributed by atoms with van der Waals surface area (Å²) in [5.74, 6) is 6.98. The van der Waals surface area contributed by atoms with Crippen molar-refractivity contribution >= 4 is 23.1 Å². The van der Waals surface area contributed by atoms with Gasteiger partial charge in [-0.15, -0.1) is 0 Å². The van der Waals surface area contributed by atoms with Crippen molar-refractivity contribution in [2.45, 2.75) is 24.7 Å². The smallest absolute Gasteiger partial charge is 0.393 e. The molecule has 0 saturated carbocycles. The Morgan fingerprint density at radius 2 is 1.91 bits per heavy atom. The molecule has 3 fully saturated rings. The number of fused-ring (bicyclic) bond motifs is 3. The van der Waals surface area contributed by atoms with E-state index in [4.69, 9.17) is 10.4 Å². The number of pyridine rings is 2. The fourth-order valence-corrected chi connectivity index (χ4v) is 5.79. The standard InChI is InChI=1S/C32H27F3N8/c1-38-15-24(13-36)23-11-29(31-25(14-37)17-40-43(31)18-23)22-6-9-30(39-16-22)41-19-27-12-28(20-41)42(27)10-2-3-21-4-7-26(8-5-21)32(33,34)35/h4-9,11,13,15-18,27-28,36,38H,10,12,19-20H2,1H3/b24-15+,36-13?. The first-order valence-corrected chi connectivity index (χ1v) is 13.7. The number of halogens is 3. The topological polar surface area (TPSA) is 96.3 Å². The molecular formula is C32H27F3N8. The predicted molar refractivity (Wildman–Crippen MR) is 158 cm³/mol. The lowest BCUT2D eigenvalue weighted by Gasteiger charge is -2.56. The van der Waals surface area contributed by atoms with Crippen molar-refractivity contribution in [3.8, 4) is 29.0 Å². The van der Waals surface area contributed by atoms with Crippen LogP contribution in [0.3, 0.4) is 0 Å². The van der Waals surface area contributed by atoms with Gasteiger partial charge < -0.3 is 15.6 Å². The van der Waals surface area contributed by atoms with Gasteiger partial charge in [-0.05, 0) is 48.9 Å². The van der Waals surface area contributed by atoms with Crippen LogP contribution in [0.25, 0.3) is 22.2 Å². The maximum Gasteiger partial charge on any atom is 0.416 e. The summed E-state index contributed by atoms with van der Waals surface area (Å²) in [6, 6.07) is 13.8. The average Bonchev–Trinajstić information content (AvgIpc) is 3.44. The fourth-order valence-electron chi connectivity index (χ4n) is 5.79. The van der Waals surface area contributed by atoms with Crippen molar-refractivity contribution in [3.05, 3.63) is 89.5 Å². The molecule has 3 aromatic heterocycles. The molecule has 43 heavy (non-hydrogen) atoms. The van der Waals surface area contributed by atoms with E-state index in [1.54, 1.807) is 24.0 Å². The first-order valence-electron chi connectivity index (χ1n) is 13.7. The lowest BCUT2D eigenvalue weighted by atomic mass is 9.87. The molecule has 3 saturated heterocycles. The van der Waals surface area contributed by atoms with Gasteiger partial charge in [0.1, 0.15) is 11.9 Å². The number of rotatable bonds is 6. The summed E-state index contributed by atoms with van der Waals surface area (Å²) in [6.07, 6.45) is 4.88. The maximum absolute atomic E-state index is 12.8. The SMILES string of the molecule is CN/C=C(\C=N)c1cc(-c2ccc(N3CC4CC(C3)N4CC#Cc3ccc(C(F)(F)F)cc3)nc2)c2c(C#N)cnn2c1. The Bertz CT molecular complexity index is 1790.